The Bertz CT molecular complexity index is 3770. The van der Waals surface area contributed by atoms with E-state index in [9.17, 15) is 0 Å². The molecule has 14 rings (SSSR count). The van der Waals surface area contributed by atoms with E-state index in [0.29, 0.717) is 0 Å². The molecule has 14 aromatic rings. The van der Waals surface area contributed by atoms with Crippen molar-refractivity contribution in [3.8, 4) is 22.9 Å². The quantitative estimate of drug-likeness (QED) is 0.164. The zero-order valence-corrected chi connectivity index (χ0v) is 32.3. The maximum Gasteiger partial charge on any atom is 0.138 e. The highest BCUT2D eigenvalue weighted by Gasteiger charge is 2.24. The van der Waals surface area contributed by atoms with Crippen LogP contribution in [-0.2, 0) is 0 Å². The minimum absolute atomic E-state index is 0.885. The van der Waals surface area contributed by atoms with Crippen LogP contribution in [0.25, 0.3) is 121 Å². The minimum atomic E-state index is 0.885. The average Bonchev–Trinajstić information content (AvgIpc) is 4.03. The Morgan fingerprint density at radius 2 is 0.667 bits per heavy atom. The summed E-state index contributed by atoms with van der Waals surface area (Å²) in [5.74, 6) is 0.885. The van der Waals surface area contributed by atoms with Gasteiger partial charge in [0.1, 0.15) is 5.82 Å². The van der Waals surface area contributed by atoms with E-state index in [2.05, 4.69) is 218 Å². The predicted molar refractivity (Wildman–Crippen MR) is 250 cm³/mol. The summed E-state index contributed by atoms with van der Waals surface area (Å²) in [5.41, 5.74) is 13.6. The number of hydrogen-bond donors (Lipinski definition) is 0. The molecule has 0 N–H and O–H groups in total. The van der Waals surface area contributed by atoms with E-state index in [4.69, 9.17) is 4.98 Å². The maximum atomic E-state index is 5.66. The number of benzene rings is 9. The second kappa shape index (κ2) is 11.7. The van der Waals surface area contributed by atoms with Crippen molar-refractivity contribution in [2.24, 2.45) is 0 Å². The lowest BCUT2D eigenvalue weighted by molar-refractivity contribution is 1.09. The van der Waals surface area contributed by atoms with Gasteiger partial charge in [-0.1, -0.05) is 121 Å². The topological polar surface area (TPSA) is 32.6 Å². The van der Waals surface area contributed by atoms with Crippen molar-refractivity contribution in [2.75, 3.05) is 0 Å². The Hall–Kier alpha value is -8.15. The standard InChI is InChI=1S/C55H33N5/c1-2-14-36(15-3-1)57-48-25-13-8-20-43(48)55-49(57)28-29-52(56-55)60-50-32-37(58-44-21-9-4-16-39(44)40-17-5-10-22-45(40)58)30-34-26-27-35-31-38(33-51(60)54(35)53(34)50)59-46-23-11-6-18-41(46)42-19-7-12-24-47(42)59/h1-33H. The third-order valence-electron chi connectivity index (χ3n) is 12.9. The summed E-state index contributed by atoms with van der Waals surface area (Å²) in [6.45, 7) is 0. The van der Waals surface area contributed by atoms with Crippen LogP contribution in [-0.4, -0.2) is 23.3 Å². The second-order valence-corrected chi connectivity index (χ2v) is 16.0. The molecule has 0 radical (unpaired) electrons. The van der Waals surface area contributed by atoms with Gasteiger partial charge in [-0.25, -0.2) is 4.98 Å². The summed E-state index contributed by atoms with van der Waals surface area (Å²) in [5, 5.41) is 11.0. The van der Waals surface area contributed by atoms with Gasteiger partial charge in [0, 0.05) is 54.8 Å². The first-order valence-electron chi connectivity index (χ1n) is 20.6. The van der Waals surface area contributed by atoms with E-state index in [1.54, 1.807) is 0 Å². The van der Waals surface area contributed by atoms with E-state index in [-0.39, 0.29) is 0 Å². The SMILES string of the molecule is c1ccc(-n2c3ccccc3c3nc(-n4c5cc(-n6c7ccccc7c7ccccc76)cc6ccc7cc(-n8c9ccccc9c9ccccc98)cc4c7c65)ccc32)cc1. The number of pyridine rings is 1. The smallest absolute Gasteiger partial charge is 0.138 e. The van der Waals surface area contributed by atoms with Crippen LogP contribution in [0.15, 0.2) is 200 Å². The molecule has 0 aliphatic carbocycles. The highest BCUT2D eigenvalue weighted by Crippen LogP contribution is 2.44. The molecule has 0 saturated heterocycles. The molecule has 0 spiro atoms. The molecular formula is C55H33N5. The molecule has 0 aliphatic rings. The molecule has 0 atom stereocenters. The van der Waals surface area contributed by atoms with Crippen LogP contribution in [0.2, 0.25) is 0 Å². The number of para-hydroxylation sites is 6. The molecule has 5 nitrogen and oxygen atoms in total. The maximum absolute atomic E-state index is 5.66. The van der Waals surface area contributed by atoms with Crippen LogP contribution in [0.4, 0.5) is 0 Å². The van der Waals surface area contributed by atoms with E-state index >= 15 is 0 Å². The number of hydrogen-bond acceptors (Lipinski definition) is 1. The van der Waals surface area contributed by atoms with Gasteiger partial charge in [0.15, 0.2) is 0 Å². The van der Waals surface area contributed by atoms with Crippen molar-refractivity contribution in [3.63, 3.8) is 0 Å². The molecule has 0 fully saturated rings. The van der Waals surface area contributed by atoms with Crippen molar-refractivity contribution < 1.29 is 0 Å². The summed E-state index contributed by atoms with van der Waals surface area (Å²) in [7, 11) is 0. The van der Waals surface area contributed by atoms with Gasteiger partial charge in [-0.05, 0) is 89.6 Å². The fourth-order valence-electron chi connectivity index (χ4n) is 10.4. The fourth-order valence-corrected chi connectivity index (χ4v) is 10.4. The van der Waals surface area contributed by atoms with Crippen LogP contribution in [0.1, 0.15) is 0 Å². The van der Waals surface area contributed by atoms with Gasteiger partial charge in [0.05, 0.1) is 49.7 Å². The van der Waals surface area contributed by atoms with Gasteiger partial charge < -0.3 is 13.7 Å². The molecular weight excluding hydrogens is 731 g/mol. The molecule has 5 heterocycles. The van der Waals surface area contributed by atoms with Gasteiger partial charge in [0.2, 0.25) is 0 Å². The Balaban J connectivity index is 1.13. The summed E-state index contributed by atoms with van der Waals surface area (Å²) in [6, 6.07) is 72.9. The number of aromatic nitrogens is 5. The molecule has 5 heteroatoms. The van der Waals surface area contributed by atoms with Gasteiger partial charge in [-0.3, -0.25) is 4.57 Å². The van der Waals surface area contributed by atoms with Gasteiger partial charge in [0.25, 0.3) is 0 Å². The monoisotopic (exact) mass is 763 g/mol. The lowest BCUT2D eigenvalue weighted by Crippen LogP contribution is -2.00. The summed E-state index contributed by atoms with van der Waals surface area (Å²) < 4.78 is 9.62. The lowest BCUT2D eigenvalue weighted by atomic mass is 10.0. The molecule has 0 saturated carbocycles. The van der Waals surface area contributed by atoms with Crippen LogP contribution in [0.3, 0.4) is 0 Å². The van der Waals surface area contributed by atoms with Gasteiger partial charge >= 0.3 is 0 Å². The van der Waals surface area contributed by atoms with Crippen LogP contribution >= 0.6 is 0 Å². The largest absolute Gasteiger partial charge is 0.309 e. The van der Waals surface area contributed by atoms with Gasteiger partial charge in [-0.15, -0.1) is 0 Å². The highest BCUT2D eigenvalue weighted by molar-refractivity contribution is 6.26. The predicted octanol–water partition coefficient (Wildman–Crippen LogP) is 14.1. The van der Waals surface area contributed by atoms with Crippen molar-refractivity contribution in [2.45, 2.75) is 0 Å². The number of fused-ring (bicyclic) bond motifs is 9. The van der Waals surface area contributed by atoms with Gasteiger partial charge in [-0.2, -0.15) is 0 Å². The Morgan fingerprint density at radius 3 is 1.15 bits per heavy atom. The zero-order valence-electron chi connectivity index (χ0n) is 32.3. The van der Waals surface area contributed by atoms with E-state index in [1.165, 1.54) is 65.2 Å². The molecule has 0 amide bonds. The molecule has 0 bridgehead atoms. The number of rotatable bonds is 4. The van der Waals surface area contributed by atoms with Crippen molar-refractivity contribution >= 4 is 98.1 Å². The summed E-state index contributed by atoms with van der Waals surface area (Å²) in [4.78, 5) is 5.66. The second-order valence-electron chi connectivity index (χ2n) is 16.0. The molecule has 5 aromatic heterocycles. The highest BCUT2D eigenvalue weighted by atomic mass is 15.1. The third-order valence-corrected chi connectivity index (χ3v) is 12.9. The molecule has 278 valence electrons. The first-order valence-corrected chi connectivity index (χ1v) is 20.6. The number of nitrogens with zero attached hydrogens (tertiary/aromatic N) is 5. The van der Waals surface area contributed by atoms with Crippen LogP contribution in [0.5, 0.6) is 0 Å². The third kappa shape index (κ3) is 4.17. The van der Waals surface area contributed by atoms with E-state index in [1.807, 2.05) is 0 Å². The Labute approximate surface area is 343 Å². The molecule has 60 heavy (non-hydrogen) atoms. The average molecular weight is 764 g/mol. The van der Waals surface area contributed by atoms with E-state index < -0.39 is 0 Å². The van der Waals surface area contributed by atoms with Crippen LogP contribution in [0, 0.1) is 0 Å². The Kier molecular flexibility index (Phi) is 6.23. The normalized spacial score (nSPS) is 12.3. The summed E-state index contributed by atoms with van der Waals surface area (Å²) in [6.07, 6.45) is 0. The summed E-state index contributed by atoms with van der Waals surface area (Å²) >= 11 is 0. The minimum Gasteiger partial charge on any atom is -0.309 e. The first kappa shape index (κ1) is 31.9. The fraction of sp³-hybridized carbons (Fsp3) is 0. The van der Waals surface area contributed by atoms with Crippen molar-refractivity contribution in [3.05, 3.63) is 200 Å². The first-order chi connectivity index (χ1) is 29.8. The molecule has 0 unspecified atom stereocenters. The van der Waals surface area contributed by atoms with E-state index in [0.717, 1.165) is 55.8 Å². The lowest BCUT2D eigenvalue weighted by Gasteiger charge is -2.13. The van der Waals surface area contributed by atoms with Crippen LogP contribution < -0.4 is 0 Å². The van der Waals surface area contributed by atoms with Crippen molar-refractivity contribution in [1.29, 1.82) is 0 Å². The zero-order chi connectivity index (χ0) is 39.1. The Morgan fingerprint density at radius 1 is 0.267 bits per heavy atom. The van der Waals surface area contributed by atoms with Crippen molar-refractivity contribution in [1.82, 2.24) is 23.3 Å². The molecule has 0 aliphatic heterocycles. The molecule has 9 aromatic carbocycles.